The summed E-state index contributed by atoms with van der Waals surface area (Å²) in [7, 11) is -3.65. The first kappa shape index (κ1) is 16.2. The van der Waals surface area contributed by atoms with E-state index in [1.165, 1.54) is 16.7 Å². The summed E-state index contributed by atoms with van der Waals surface area (Å²) in [5.74, 6) is -0.758. The molecule has 2 aromatic heterocycles. The molecule has 0 saturated carbocycles. The van der Waals surface area contributed by atoms with Gasteiger partial charge in [0.1, 0.15) is 5.56 Å². The number of pyridine rings is 2. The summed E-state index contributed by atoms with van der Waals surface area (Å²) in [5, 5.41) is 0. The summed E-state index contributed by atoms with van der Waals surface area (Å²) in [6.45, 7) is 1.48. The molecule has 8 heteroatoms. The molecule has 0 radical (unpaired) electrons. The molecule has 0 spiro atoms. The van der Waals surface area contributed by atoms with E-state index in [0.717, 1.165) is 6.26 Å². The van der Waals surface area contributed by atoms with Crippen molar-refractivity contribution in [3.8, 4) is 0 Å². The molecule has 2 heterocycles. The third-order valence-electron chi connectivity index (χ3n) is 2.88. The van der Waals surface area contributed by atoms with Gasteiger partial charge >= 0.3 is 5.97 Å². The lowest BCUT2D eigenvalue weighted by molar-refractivity contribution is 0.0524. The zero-order chi connectivity index (χ0) is 16.3. The Bertz CT molecular complexity index is 869. The molecule has 118 valence electrons. The number of esters is 1. The van der Waals surface area contributed by atoms with Crippen molar-refractivity contribution >= 4 is 21.6 Å². The first-order valence-corrected chi connectivity index (χ1v) is 8.30. The van der Waals surface area contributed by atoms with Crippen LogP contribution in [-0.4, -0.2) is 31.7 Å². The van der Waals surface area contributed by atoms with Crippen LogP contribution in [0.25, 0.3) is 5.52 Å². The largest absolute Gasteiger partial charge is 0.462 e. The summed E-state index contributed by atoms with van der Waals surface area (Å²) >= 11 is 0. The van der Waals surface area contributed by atoms with Crippen LogP contribution in [0.2, 0.25) is 0 Å². The second-order valence-corrected chi connectivity index (χ2v) is 6.18. The lowest BCUT2D eigenvalue weighted by Gasteiger charge is -2.10. The van der Waals surface area contributed by atoms with Crippen LogP contribution in [0.5, 0.6) is 0 Å². The molecule has 22 heavy (non-hydrogen) atoms. The molecule has 0 bridgehead atoms. The molecule has 2 aromatic rings. The molecular weight excluding hydrogens is 310 g/mol. The highest BCUT2D eigenvalue weighted by molar-refractivity contribution is 7.85. The average Bonchev–Trinajstić information content (AvgIpc) is 2.46. The van der Waals surface area contributed by atoms with Crippen molar-refractivity contribution in [2.24, 2.45) is 0 Å². The Hall–Kier alpha value is -2.19. The van der Waals surface area contributed by atoms with Gasteiger partial charge < -0.3 is 4.74 Å². The Labute approximate surface area is 127 Å². The average molecular weight is 325 g/mol. The summed E-state index contributed by atoms with van der Waals surface area (Å²) in [5.41, 5.74) is 0.160. The SMILES string of the molecule is CCOC(=O)c1cc(COS(C)(=O)=O)c2ccccn2c1=O. The fraction of sp³-hybridized carbons (Fsp3) is 0.286. The second kappa shape index (κ2) is 6.29. The number of ether oxygens (including phenoxy) is 1. The predicted octanol–water partition coefficient (Wildman–Crippen LogP) is 0.952. The Morgan fingerprint density at radius 3 is 2.68 bits per heavy atom. The molecule has 0 aliphatic carbocycles. The zero-order valence-corrected chi connectivity index (χ0v) is 12.9. The van der Waals surface area contributed by atoms with Crippen LogP contribution in [0.3, 0.4) is 0 Å². The number of carbonyl (C=O) groups is 1. The van der Waals surface area contributed by atoms with Crippen LogP contribution in [0, 0.1) is 0 Å². The van der Waals surface area contributed by atoms with Gasteiger partial charge in [0.2, 0.25) is 0 Å². The van der Waals surface area contributed by atoms with E-state index in [4.69, 9.17) is 8.92 Å². The molecule has 0 aliphatic heterocycles. The van der Waals surface area contributed by atoms with Crippen molar-refractivity contribution in [2.45, 2.75) is 13.5 Å². The first-order chi connectivity index (χ1) is 10.3. The Morgan fingerprint density at radius 1 is 1.32 bits per heavy atom. The second-order valence-electron chi connectivity index (χ2n) is 4.53. The number of fused-ring (bicyclic) bond motifs is 1. The van der Waals surface area contributed by atoms with Crippen molar-refractivity contribution < 1.29 is 22.1 Å². The Morgan fingerprint density at radius 2 is 2.05 bits per heavy atom. The van der Waals surface area contributed by atoms with Crippen molar-refractivity contribution in [3.05, 3.63) is 51.9 Å². The van der Waals surface area contributed by atoms with Gasteiger partial charge in [0, 0.05) is 11.8 Å². The summed E-state index contributed by atoms with van der Waals surface area (Å²) in [4.78, 5) is 24.2. The van der Waals surface area contributed by atoms with E-state index >= 15 is 0 Å². The van der Waals surface area contributed by atoms with E-state index in [9.17, 15) is 18.0 Å². The summed E-state index contributed by atoms with van der Waals surface area (Å²) in [6.07, 6.45) is 2.42. The van der Waals surface area contributed by atoms with Gasteiger partial charge in [-0.15, -0.1) is 0 Å². The van der Waals surface area contributed by atoms with Gasteiger partial charge in [-0.1, -0.05) is 6.07 Å². The molecule has 2 rings (SSSR count). The number of aromatic nitrogens is 1. The Kier molecular flexibility index (Phi) is 4.62. The molecule has 0 aromatic carbocycles. The molecule has 0 aliphatic rings. The van der Waals surface area contributed by atoms with Crippen LogP contribution in [0.15, 0.2) is 35.3 Å². The van der Waals surface area contributed by atoms with Crippen LogP contribution in [-0.2, 0) is 25.6 Å². The maximum Gasteiger partial charge on any atom is 0.343 e. The summed E-state index contributed by atoms with van der Waals surface area (Å²) < 4.78 is 33.2. The third-order valence-corrected chi connectivity index (χ3v) is 3.43. The number of hydrogen-bond donors (Lipinski definition) is 0. The molecular formula is C14H15NO6S. The standard InChI is InChI=1S/C14H15NO6S/c1-3-20-14(17)11-8-10(9-21-22(2,18)19)12-6-4-5-7-15(12)13(11)16/h4-8H,3,9H2,1-2H3. The number of carbonyl (C=O) groups excluding carboxylic acids is 1. The minimum Gasteiger partial charge on any atom is -0.462 e. The monoisotopic (exact) mass is 325 g/mol. The van der Waals surface area contributed by atoms with E-state index in [0.29, 0.717) is 11.1 Å². The van der Waals surface area contributed by atoms with E-state index in [1.54, 1.807) is 25.1 Å². The number of hydrogen-bond acceptors (Lipinski definition) is 6. The quantitative estimate of drug-likeness (QED) is 0.600. The number of nitrogens with zero attached hydrogens (tertiary/aromatic N) is 1. The van der Waals surface area contributed by atoms with Crippen molar-refractivity contribution in [2.75, 3.05) is 12.9 Å². The number of rotatable bonds is 5. The minimum absolute atomic E-state index is 0.130. The maximum absolute atomic E-state index is 12.3. The van der Waals surface area contributed by atoms with E-state index in [2.05, 4.69) is 0 Å². The molecule has 0 unspecified atom stereocenters. The van der Waals surface area contributed by atoms with E-state index in [1.807, 2.05) is 0 Å². The van der Waals surface area contributed by atoms with Gasteiger partial charge in [-0.05, 0) is 25.1 Å². The minimum atomic E-state index is -3.65. The molecule has 0 saturated heterocycles. The third kappa shape index (κ3) is 3.52. The first-order valence-electron chi connectivity index (χ1n) is 6.48. The van der Waals surface area contributed by atoms with E-state index in [-0.39, 0.29) is 18.8 Å². The fourth-order valence-electron chi connectivity index (χ4n) is 1.96. The van der Waals surface area contributed by atoms with Crippen LogP contribution in [0.4, 0.5) is 0 Å². The van der Waals surface area contributed by atoms with Gasteiger partial charge in [-0.25, -0.2) is 4.79 Å². The lowest BCUT2D eigenvalue weighted by atomic mass is 10.1. The molecule has 0 atom stereocenters. The topological polar surface area (TPSA) is 91.2 Å². The van der Waals surface area contributed by atoms with Gasteiger partial charge in [0.05, 0.1) is 25.0 Å². The van der Waals surface area contributed by atoms with Crippen LogP contribution in [0.1, 0.15) is 22.8 Å². The normalized spacial score (nSPS) is 11.5. The zero-order valence-electron chi connectivity index (χ0n) is 12.1. The van der Waals surface area contributed by atoms with Gasteiger partial charge in [-0.2, -0.15) is 8.42 Å². The molecule has 7 nitrogen and oxygen atoms in total. The van der Waals surface area contributed by atoms with E-state index < -0.39 is 21.6 Å². The van der Waals surface area contributed by atoms with Gasteiger partial charge in [0.15, 0.2) is 0 Å². The molecule has 0 fully saturated rings. The highest BCUT2D eigenvalue weighted by Crippen LogP contribution is 2.13. The van der Waals surface area contributed by atoms with Gasteiger partial charge in [0.25, 0.3) is 15.7 Å². The Balaban J connectivity index is 2.61. The molecule has 0 N–H and O–H groups in total. The predicted molar refractivity (Wildman–Crippen MR) is 79.3 cm³/mol. The van der Waals surface area contributed by atoms with Crippen molar-refractivity contribution in [1.29, 1.82) is 0 Å². The maximum atomic E-state index is 12.3. The summed E-state index contributed by atoms with van der Waals surface area (Å²) in [6, 6.07) is 6.27. The lowest BCUT2D eigenvalue weighted by Crippen LogP contribution is -2.24. The van der Waals surface area contributed by atoms with Crippen molar-refractivity contribution in [3.63, 3.8) is 0 Å². The van der Waals surface area contributed by atoms with Crippen LogP contribution >= 0.6 is 0 Å². The van der Waals surface area contributed by atoms with Crippen LogP contribution < -0.4 is 5.56 Å². The molecule has 0 amide bonds. The van der Waals surface area contributed by atoms with Crippen molar-refractivity contribution in [1.82, 2.24) is 4.40 Å². The fourth-order valence-corrected chi connectivity index (χ4v) is 2.30. The smallest absolute Gasteiger partial charge is 0.343 e. The highest BCUT2D eigenvalue weighted by atomic mass is 32.2. The van der Waals surface area contributed by atoms with Gasteiger partial charge in [-0.3, -0.25) is 13.4 Å². The highest BCUT2D eigenvalue weighted by Gasteiger charge is 2.17.